The molecule has 1 N–H and O–H groups in total. The fourth-order valence-electron chi connectivity index (χ4n) is 3.77. The fraction of sp³-hybridized carbons (Fsp3) is 0.160. The SMILES string of the molecule is COc1ccc(S(=O)(=O)N2CC(C(=O)Nc3nnc(-c4ccc(Cl)cc4)s3)Oc3ccc(C)cc32)cc1. The average molecular weight is 557 g/mol. The summed E-state index contributed by atoms with van der Waals surface area (Å²) >= 11 is 7.13. The van der Waals surface area contributed by atoms with Crippen molar-refractivity contribution in [3.05, 3.63) is 77.3 Å². The number of nitrogens with zero attached hydrogens (tertiary/aromatic N) is 3. The van der Waals surface area contributed by atoms with Crippen LogP contribution in [0.5, 0.6) is 11.5 Å². The van der Waals surface area contributed by atoms with Crippen molar-refractivity contribution in [1.82, 2.24) is 10.2 Å². The number of amides is 1. The average Bonchev–Trinajstić information content (AvgIpc) is 3.36. The molecule has 12 heteroatoms. The first-order chi connectivity index (χ1) is 17.7. The molecule has 0 fully saturated rings. The zero-order chi connectivity index (χ0) is 26.2. The third-order valence-corrected chi connectivity index (χ3v) is 8.60. The lowest BCUT2D eigenvalue weighted by Crippen LogP contribution is -2.48. The number of carbonyl (C=O) groups excluding carboxylic acids is 1. The highest BCUT2D eigenvalue weighted by Crippen LogP contribution is 2.38. The van der Waals surface area contributed by atoms with E-state index in [0.29, 0.717) is 21.5 Å². The third kappa shape index (κ3) is 5.10. The lowest BCUT2D eigenvalue weighted by Gasteiger charge is -2.34. The molecule has 0 radical (unpaired) electrons. The molecule has 3 aromatic carbocycles. The summed E-state index contributed by atoms with van der Waals surface area (Å²) in [4.78, 5) is 13.2. The van der Waals surface area contributed by atoms with E-state index in [1.165, 1.54) is 34.9 Å². The number of methoxy groups -OCH3 is 1. The summed E-state index contributed by atoms with van der Waals surface area (Å²) in [5.41, 5.74) is 2.02. The Hall–Kier alpha value is -3.67. The molecule has 0 aliphatic carbocycles. The van der Waals surface area contributed by atoms with E-state index in [1.54, 1.807) is 54.6 Å². The lowest BCUT2D eigenvalue weighted by molar-refractivity contribution is -0.122. The van der Waals surface area contributed by atoms with Crippen molar-refractivity contribution in [2.75, 3.05) is 23.3 Å². The molecular weight excluding hydrogens is 536 g/mol. The topological polar surface area (TPSA) is 111 Å². The van der Waals surface area contributed by atoms with Crippen LogP contribution < -0.4 is 19.1 Å². The van der Waals surface area contributed by atoms with Gasteiger partial charge in [-0.05, 0) is 61.0 Å². The molecule has 37 heavy (non-hydrogen) atoms. The Bertz CT molecular complexity index is 1560. The smallest absolute Gasteiger partial charge is 0.269 e. The van der Waals surface area contributed by atoms with Crippen LogP contribution in [0.4, 0.5) is 10.8 Å². The molecule has 1 aliphatic rings. The Morgan fingerprint density at radius 2 is 1.84 bits per heavy atom. The van der Waals surface area contributed by atoms with Gasteiger partial charge >= 0.3 is 0 Å². The van der Waals surface area contributed by atoms with Crippen LogP contribution >= 0.6 is 22.9 Å². The number of hydrogen-bond donors (Lipinski definition) is 1. The maximum absolute atomic E-state index is 13.6. The van der Waals surface area contributed by atoms with E-state index in [2.05, 4.69) is 15.5 Å². The molecule has 0 saturated heterocycles. The van der Waals surface area contributed by atoms with Crippen molar-refractivity contribution in [2.45, 2.75) is 17.9 Å². The molecule has 1 aliphatic heterocycles. The van der Waals surface area contributed by atoms with Crippen molar-refractivity contribution in [1.29, 1.82) is 0 Å². The quantitative estimate of drug-likeness (QED) is 0.364. The van der Waals surface area contributed by atoms with Crippen LogP contribution in [0.15, 0.2) is 71.6 Å². The number of rotatable bonds is 6. The highest BCUT2D eigenvalue weighted by Gasteiger charge is 2.38. The highest BCUT2D eigenvalue weighted by molar-refractivity contribution is 7.92. The number of halogens is 1. The number of aromatic nitrogens is 2. The highest BCUT2D eigenvalue weighted by atomic mass is 35.5. The van der Waals surface area contributed by atoms with E-state index >= 15 is 0 Å². The molecule has 1 unspecified atom stereocenters. The van der Waals surface area contributed by atoms with Crippen molar-refractivity contribution in [3.8, 4) is 22.1 Å². The molecule has 4 aromatic rings. The van der Waals surface area contributed by atoms with Gasteiger partial charge in [-0.3, -0.25) is 14.4 Å². The van der Waals surface area contributed by atoms with Gasteiger partial charge in [-0.25, -0.2) is 8.42 Å². The summed E-state index contributed by atoms with van der Waals surface area (Å²) in [6.45, 7) is 1.63. The summed E-state index contributed by atoms with van der Waals surface area (Å²) in [6, 6.07) is 18.3. The molecular formula is C25H21ClN4O5S2. The number of nitrogens with one attached hydrogen (secondary N) is 1. The second kappa shape index (κ2) is 10.0. The minimum absolute atomic E-state index is 0.0681. The van der Waals surface area contributed by atoms with Crippen molar-refractivity contribution >= 4 is 49.7 Å². The van der Waals surface area contributed by atoms with Gasteiger partial charge in [0.15, 0.2) is 6.10 Å². The molecule has 0 bridgehead atoms. The van der Waals surface area contributed by atoms with Crippen LogP contribution in [-0.4, -0.2) is 44.3 Å². The molecule has 2 heterocycles. The van der Waals surface area contributed by atoms with Gasteiger partial charge in [-0.1, -0.05) is 41.1 Å². The number of carbonyl (C=O) groups is 1. The van der Waals surface area contributed by atoms with E-state index in [4.69, 9.17) is 21.1 Å². The number of fused-ring (bicyclic) bond motifs is 1. The summed E-state index contributed by atoms with van der Waals surface area (Å²) in [6.07, 6.45) is -1.12. The van der Waals surface area contributed by atoms with Gasteiger partial charge in [0, 0.05) is 10.6 Å². The zero-order valence-electron chi connectivity index (χ0n) is 19.7. The zero-order valence-corrected chi connectivity index (χ0v) is 22.1. The Balaban J connectivity index is 1.41. The van der Waals surface area contributed by atoms with Gasteiger partial charge in [-0.15, -0.1) is 10.2 Å². The van der Waals surface area contributed by atoms with E-state index in [0.717, 1.165) is 11.1 Å². The summed E-state index contributed by atoms with van der Waals surface area (Å²) in [5.74, 6) is 0.276. The summed E-state index contributed by atoms with van der Waals surface area (Å²) < 4.78 is 39.5. The normalized spacial score (nSPS) is 15.0. The largest absolute Gasteiger partial charge is 0.497 e. The molecule has 1 aromatic heterocycles. The van der Waals surface area contributed by atoms with Crippen LogP contribution in [0.25, 0.3) is 10.6 Å². The first-order valence-electron chi connectivity index (χ1n) is 11.1. The van der Waals surface area contributed by atoms with E-state index in [9.17, 15) is 13.2 Å². The van der Waals surface area contributed by atoms with Crippen LogP contribution in [0.1, 0.15) is 5.56 Å². The summed E-state index contributed by atoms with van der Waals surface area (Å²) in [7, 11) is -2.51. The molecule has 0 saturated carbocycles. The molecule has 190 valence electrons. The summed E-state index contributed by atoms with van der Waals surface area (Å²) in [5, 5.41) is 12.3. The number of benzene rings is 3. The van der Waals surface area contributed by atoms with Gasteiger partial charge in [0.1, 0.15) is 16.5 Å². The molecule has 9 nitrogen and oxygen atoms in total. The second-order valence-electron chi connectivity index (χ2n) is 8.20. The number of ether oxygens (including phenoxy) is 2. The Labute approximate surface area is 222 Å². The van der Waals surface area contributed by atoms with E-state index in [1.807, 2.05) is 6.92 Å². The first kappa shape index (κ1) is 25.0. The maximum atomic E-state index is 13.6. The van der Waals surface area contributed by atoms with Crippen LogP contribution in [0, 0.1) is 6.92 Å². The molecule has 0 spiro atoms. The third-order valence-electron chi connectivity index (χ3n) is 5.67. The Morgan fingerprint density at radius 1 is 1.11 bits per heavy atom. The van der Waals surface area contributed by atoms with Crippen LogP contribution in [-0.2, 0) is 14.8 Å². The molecule has 1 atom stereocenters. The molecule has 5 rings (SSSR count). The van der Waals surface area contributed by atoms with Crippen molar-refractivity contribution in [2.24, 2.45) is 0 Å². The maximum Gasteiger partial charge on any atom is 0.269 e. The Morgan fingerprint density at radius 3 is 2.54 bits per heavy atom. The minimum atomic E-state index is -4.01. The van der Waals surface area contributed by atoms with E-state index < -0.39 is 22.0 Å². The van der Waals surface area contributed by atoms with Crippen molar-refractivity contribution in [3.63, 3.8) is 0 Å². The molecule has 1 amide bonds. The van der Waals surface area contributed by atoms with Gasteiger partial charge in [0.05, 0.1) is 24.2 Å². The van der Waals surface area contributed by atoms with E-state index in [-0.39, 0.29) is 22.3 Å². The van der Waals surface area contributed by atoms with Gasteiger partial charge < -0.3 is 9.47 Å². The van der Waals surface area contributed by atoms with Gasteiger partial charge in [0.2, 0.25) is 5.13 Å². The predicted molar refractivity (Wildman–Crippen MR) is 142 cm³/mol. The van der Waals surface area contributed by atoms with Crippen LogP contribution in [0.2, 0.25) is 5.02 Å². The standard InChI is InChI=1S/C25H21ClN4O5S2/c1-15-3-12-21-20(13-15)30(37(32,33)19-10-8-18(34-2)9-11-19)14-22(35-21)23(31)27-25-29-28-24(36-25)16-4-6-17(26)7-5-16/h3-13,22H,14H2,1-2H3,(H,27,29,31). The number of aryl methyl sites for hydroxylation is 1. The van der Waals surface area contributed by atoms with Crippen LogP contribution in [0.3, 0.4) is 0 Å². The minimum Gasteiger partial charge on any atom is -0.497 e. The fourth-order valence-corrected chi connectivity index (χ4v) is 6.11. The number of hydrogen-bond acceptors (Lipinski definition) is 8. The number of sulfonamides is 1. The lowest BCUT2D eigenvalue weighted by atomic mass is 10.1. The van der Waals surface area contributed by atoms with Gasteiger partial charge in [0.25, 0.3) is 15.9 Å². The monoisotopic (exact) mass is 556 g/mol. The second-order valence-corrected chi connectivity index (χ2v) is 11.5. The Kier molecular flexibility index (Phi) is 6.76. The van der Waals surface area contributed by atoms with Crippen molar-refractivity contribution < 1.29 is 22.7 Å². The number of anilines is 2. The predicted octanol–water partition coefficient (Wildman–Crippen LogP) is 4.77. The van der Waals surface area contributed by atoms with Gasteiger partial charge in [-0.2, -0.15) is 0 Å². The first-order valence-corrected chi connectivity index (χ1v) is 13.7.